The third-order valence-corrected chi connectivity index (χ3v) is 12.5. The molecule has 0 amide bonds. The predicted molar refractivity (Wildman–Crippen MR) is 171 cm³/mol. The molecule has 0 unspecified atom stereocenters. The van der Waals surface area contributed by atoms with Crippen molar-refractivity contribution in [1.29, 1.82) is 0 Å². The zero-order chi connectivity index (χ0) is 29.9. The topological polar surface area (TPSA) is 82.3 Å². The van der Waals surface area contributed by atoms with Crippen LogP contribution < -0.4 is 0 Å². The van der Waals surface area contributed by atoms with Crippen LogP contribution in [-0.4, -0.2) is 45.9 Å². The van der Waals surface area contributed by atoms with Crippen LogP contribution in [0.15, 0.2) is 103 Å². The Kier molecular flexibility index (Phi) is 8.29. The molecule has 0 spiro atoms. The SMILES string of the molecule is C[C@H](CO[Si](C)(C)C(C)(C)C)n1cc(C(=O)c2cncc(N=C(c3ccccc3)c3ccccc3)c2)c2cncnc21. The molecule has 8 heteroatoms. The van der Waals surface area contributed by atoms with Crippen LogP contribution in [0.5, 0.6) is 0 Å². The number of aromatic nitrogens is 4. The second kappa shape index (κ2) is 11.9. The van der Waals surface area contributed by atoms with Gasteiger partial charge in [-0.05, 0) is 31.1 Å². The molecule has 42 heavy (non-hydrogen) atoms. The fourth-order valence-corrected chi connectivity index (χ4v) is 5.61. The number of hydrogen-bond acceptors (Lipinski definition) is 6. The number of rotatable bonds is 9. The molecule has 0 saturated heterocycles. The maximum Gasteiger partial charge on any atom is 0.196 e. The van der Waals surface area contributed by atoms with Crippen LogP contribution in [0.1, 0.15) is 60.8 Å². The Labute approximate surface area is 248 Å². The lowest BCUT2D eigenvalue weighted by atomic mass is 10.0. The number of nitrogens with zero attached hydrogens (tertiary/aromatic N) is 5. The van der Waals surface area contributed by atoms with Gasteiger partial charge in [0, 0.05) is 40.7 Å². The van der Waals surface area contributed by atoms with Gasteiger partial charge in [0.05, 0.1) is 35.8 Å². The Morgan fingerprint density at radius 2 is 1.57 bits per heavy atom. The Bertz CT molecular complexity index is 1680. The van der Waals surface area contributed by atoms with E-state index < -0.39 is 8.32 Å². The van der Waals surface area contributed by atoms with Gasteiger partial charge >= 0.3 is 0 Å². The van der Waals surface area contributed by atoms with Crippen molar-refractivity contribution in [3.63, 3.8) is 0 Å². The van der Waals surface area contributed by atoms with Gasteiger partial charge in [-0.1, -0.05) is 81.4 Å². The molecule has 0 bridgehead atoms. The number of ketones is 1. The van der Waals surface area contributed by atoms with Crippen molar-refractivity contribution in [3.05, 3.63) is 120 Å². The first kappa shape index (κ1) is 29.2. The maximum absolute atomic E-state index is 13.9. The Balaban J connectivity index is 1.49. The van der Waals surface area contributed by atoms with Crippen LogP contribution in [0.3, 0.4) is 0 Å². The molecule has 3 aromatic heterocycles. The lowest BCUT2D eigenvalue weighted by Gasteiger charge is -2.37. The molecular weight excluding hydrogens is 538 g/mol. The molecule has 0 fully saturated rings. The first-order valence-corrected chi connectivity index (χ1v) is 17.1. The van der Waals surface area contributed by atoms with E-state index in [9.17, 15) is 4.79 Å². The molecule has 7 nitrogen and oxygen atoms in total. The molecule has 5 rings (SSSR count). The summed E-state index contributed by atoms with van der Waals surface area (Å²) in [5.74, 6) is -0.156. The first-order chi connectivity index (χ1) is 20.0. The fraction of sp³-hybridized carbons (Fsp3) is 0.265. The van der Waals surface area contributed by atoms with Gasteiger partial charge in [-0.15, -0.1) is 0 Å². The van der Waals surface area contributed by atoms with Crippen molar-refractivity contribution >= 4 is 36.5 Å². The van der Waals surface area contributed by atoms with Crippen molar-refractivity contribution in [1.82, 2.24) is 19.5 Å². The molecule has 1 atom stereocenters. The highest BCUT2D eigenvalue weighted by atomic mass is 28.4. The number of hydrogen-bond donors (Lipinski definition) is 0. The molecule has 2 aromatic carbocycles. The average Bonchev–Trinajstić information content (AvgIpc) is 3.39. The first-order valence-electron chi connectivity index (χ1n) is 14.2. The van der Waals surface area contributed by atoms with E-state index in [2.05, 4.69) is 55.7 Å². The quantitative estimate of drug-likeness (QED) is 0.102. The van der Waals surface area contributed by atoms with Gasteiger partial charge < -0.3 is 8.99 Å². The predicted octanol–water partition coefficient (Wildman–Crippen LogP) is 7.81. The van der Waals surface area contributed by atoms with Crippen LogP contribution in [0.2, 0.25) is 18.1 Å². The summed E-state index contributed by atoms with van der Waals surface area (Å²) in [6.07, 6.45) is 8.35. The molecule has 0 radical (unpaired) electrons. The van der Waals surface area contributed by atoms with Gasteiger partial charge in [-0.2, -0.15) is 0 Å². The summed E-state index contributed by atoms with van der Waals surface area (Å²) >= 11 is 0. The van der Waals surface area contributed by atoms with Crippen LogP contribution in [-0.2, 0) is 4.43 Å². The normalized spacial score (nSPS) is 12.7. The van der Waals surface area contributed by atoms with E-state index in [0.29, 0.717) is 34.5 Å². The average molecular weight is 576 g/mol. The van der Waals surface area contributed by atoms with E-state index >= 15 is 0 Å². The van der Waals surface area contributed by atoms with Crippen LogP contribution in [0, 0.1) is 0 Å². The number of carbonyl (C=O) groups excluding carboxylic acids is 1. The van der Waals surface area contributed by atoms with E-state index in [0.717, 1.165) is 16.8 Å². The molecule has 3 heterocycles. The van der Waals surface area contributed by atoms with Gasteiger partial charge in [0.2, 0.25) is 0 Å². The highest BCUT2D eigenvalue weighted by molar-refractivity contribution is 6.74. The summed E-state index contributed by atoms with van der Waals surface area (Å²) in [5.41, 5.74) is 5.05. The molecular formula is C34H37N5O2Si. The van der Waals surface area contributed by atoms with Crippen LogP contribution in [0.4, 0.5) is 5.69 Å². The van der Waals surface area contributed by atoms with E-state index in [4.69, 9.17) is 9.42 Å². The van der Waals surface area contributed by atoms with E-state index in [1.54, 1.807) is 24.7 Å². The minimum absolute atomic E-state index is 0.0218. The largest absolute Gasteiger partial charge is 0.415 e. The summed E-state index contributed by atoms with van der Waals surface area (Å²) in [6.45, 7) is 13.8. The third kappa shape index (κ3) is 6.15. The smallest absolute Gasteiger partial charge is 0.196 e. The lowest BCUT2D eigenvalue weighted by molar-refractivity contribution is 0.103. The summed E-state index contributed by atoms with van der Waals surface area (Å²) in [7, 11) is -1.94. The monoisotopic (exact) mass is 575 g/mol. The van der Waals surface area contributed by atoms with Crippen LogP contribution >= 0.6 is 0 Å². The Hall–Kier alpha value is -4.27. The van der Waals surface area contributed by atoms with Crippen molar-refractivity contribution < 1.29 is 9.22 Å². The molecule has 0 N–H and O–H groups in total. The summed E-state index contributed by atoms with van der Waals surface area (Å²) in [4.78, 5) is 32.1. The van der Waals surface area contributed by atoms with Crippen molar-refractivity contribution in [2.45, 2.75) is 51.9 Å². The zero-order valence-electron chi connectivity index (χ0n) is 25.1. The summed E-state index contributed by atoms with van der Waals surface area (Å²) in [6, 6.07) is 21.8. The third-order valence-electron chi connectivity index (χ3n) is 8.03. The van der Waals surface area contributed by atoms with Crippen LogP contribution in [0.25, 0.3) is 11.0 Å². The number of benzene rings is 2. The van der Waals surface area contributed by atoms with Gasteiger partial charge in [-0.25, -0.2) is 15.0 Å². The zero-order valence-corrected chi connectivity index (χ0v) is 26.1. The molecule has 214 valence electrons. The highest BCUT2D eigenvalue weighted by Crippen LogP contribution is 2.37. The number of carbonyl (C=O) groups is 1. The standard InChI is InChI=1S/C34H37N5O2Si/c1-24(22-41-42(5,6)34(2,3)4)39-21-30(29-20-36-23-37-33(29)39)32(40)27-17-28(19-35-18-27)38-31(25-13-9-7-10-14-25)26-15-11-8-12-16-26/h7-21,23-24H,22H2,1-6H3/t24-/m1/s1. The van der Waals surface area contributed by atoms with E-state index in [1.165, 1.54) is 6.33 Å². The number of pyridine rings is 1. The minimum atomic E-state index is -1.94. The molecule has 0 saturated carbocycles. The van der Waals surface area contributed by atoms with Gasteiger partial charge in [0.1, 0.15) is 12.0 Å². The molecule has 5 aromatic rings. The Morgan fingerprint density at radius 3 is 2.19 bits per heavy atom. The highest BCUT2D eigenvalue weighted by Gasteiger charge is 2.37. The molecule has 0 aliphatic rings. The van der Waals surface area contributed by atoms with Gasteiger partial charge in [0.25, 0.3) is 0 Å². The summed E-state index contributed by atoms with van der Waals surface area (Å²) in [5, 5.41) is 0.806. The van der Waals surface area contributed by atoms with Crippen molar-refractivity contribution in [2.24, 2.45) is 4.99 Å². The maximum atomic E-state index is 13.9. The number of aliphatic imine (C=N–C) groups is 1. The second-order valence-electron chi connectivity index (χ2n) is 12.1. The Morgan fingerprint density at radius 1 is 0.929 bits per heavy atom. The molecule has 0 aliphatic carbocycles. The fourth-order valence-electron chi connectivity index (χ4n) is 4.52. The van der Waals surface area contributed by atoms with E-state index in [-0.39, 0.29) is 16.9 Å². The minimum Gasteiger partial charge on any atom is -0.415 e. The van der Waals surface area contributed by atoms with Gasteiger partial charge in [-0.3, -0.25) is 9.78 Å². The second-order valence-corrected chi connectivity index (χ2v) is 16.9. The van der Waals surface area contributed by atoms with Crippen molar-refractivity contribution in [3.8, 4) is 0 Å². The number of fused-ring (bicyclic) bond motifs is 1. The summed E-state index contributed by atoms with van der Waals surface area (Å²) < 4.78 is 8.53. The lowest BCUT2D eigenvalue weighted by Crippen LogP contribution is -2.41. The molecule has 0 aliphatic heterocycles. The van der Waals surface area contributed by atoms with Gasteiger partial charge in [0.15, 0.2) is 14.1 Å². The van der Waals surface area contributed by atoms with E-state index in [1.807, 2.05) is 71.4 Å². The van der Waals surface area contributed by atoms with Crippen molar-refractivity contribution in [2.75, 3.05) is 6.61 Å².